The zero-order valence-corrected chi connectivity index (χ0v) is 15.0. The van der Waals surface area contributed by atoms with Gasteiger partial charge >= 0.3 is 151 Å². The number of aromatic amines is 1. The summed E-state index contributed by atoms with van der Waals surface area (Å²) in [6.07, 6.45) is -5.70. The molecule has 1 aromatic heterocycles. The molecular weight excluding hydrogens is 420 g/mol. The monoisotopic (exact) mass is 436 g/mol. The topological polar surface area (TPSA) is 84.3 Å². The predicted molar refractivity (Wildman–Crippen MR) is 87.5 cm³/mol. The Morgan fingerprint density at radius 3 is 2.58 bits per heavy atom. The molecule has 0 aliphatic carbocycles. The van der Waals surface area contributed by atoms with Gasteiger partial charge < -0.3 is 0 Å². The number of aliphatic hydroxyl groups excluding tert-OH is 1. The van der Waals surface area contributed by atoms with Crippen LogP contribution in [0.5, 0.6) is 0 Å². The van der Waals surface area contributed by atoms with Gasteiger partial charge in [-0.1, -0.05) is 0 Å². The van der Waals surface area contributed by atoms with Crippen LogP contribution in [0, 0.1) is 0 Å². The number of alkyl halides is 3. The van der Waals surface area contributed by atoms with Crippen LogP contribution in [0.25, 0.3) is 0 Å². The Morgan fingerprint density at radius 1 is 1.27 bits per heavy atom. The summed E-state index contributed by atoms with van der Waals surface area (Å²) in [6.45, 7) is -0.306. The molecule has 140 valence electrons. The Bertz CT molecular complexity index is 882. The minimum absolute atomic E-state index is 0.0952. The third-order valence-electron chi connectivity index (χ3n) is 3.97. The van der Waals surface area contributed by atoms with Crippen molar-refractivity contribution in [2.24, 2.45) is 0 Å². The van der Waals surface area contributed by atoms with Crippen LogP contribution in [0.1, 0.15) is 18.2 Å². The second-order valence-electron chi connectivity index (χ2n) is 5.72. The van der Waals surface area contributed by atoms with Crippen molar-refractivity contribution in [1.29, 1.82) is 0 Å². The summed E-state index contributed by atoms with van der Waals surface area (Å²) in [7, 11) is 0. The number of ether oxygens (including phenoxy) is 1. The van der Waals surface area contributed by atoms with Crippen LogP contribution in [0.2, 0.25) is 4.82 Å². The molecule has 2 aromatic rings. The number of aliphatic hydroxyl groups is 1. The van der Waals surface area contributed by atoms with E-state index >= 15 is 0 Å². The van der Waals surface area contributed by atoms with Gasteiger partial charge in [-0.2, -0.15) is 0 Å². The van der Waals surface area contributed by atoms with Gasteiger partial charge in [0.05, 0.1) is 0 Å². The third kappa shape index (κ3) is 3.93. The summed E-state index contributed by atoms with van der Waals surface area (Å²) in [4.78, 5) is 24.9. The van der Waals surface area contributed by atoms with Gasteiger partial charge in [0.1, 0.15) is 0 Å². The van der Waals surface area contributed by atoms with Crippen molar-refractivity contribution in [1.82, 2.24) is 9.55 Å². The molecule has 0 unspecified atom stereocenters. The molecular formula is C16H15F3N2O4Se. The van der Waals surface area contributed by atoms with Gasteiger partial charge in [0.15, 0.2) is 0 Å². The van der Waals surface area contributed by atoms with Gasteiger partial charge in [0.2, 0.25) is 0 Å². The summed E-state index contributed by atoms with van der Waals surface area (Å²) < 4.78 is 46.2. The fourth-order valence-corrected chi connectivity index (χ4v) is 5.31. The van der Waals surface area contributed by atoms with Crippen molar-refractivity contribution in [2.75, 3.05) is 6.61 Å². The third-order valence-corrected chi connectivity index (χ3v) is 6.79. The molecule has 26 heavy (non-hydrogen) atoms. The van der Waals surface area contributed by atoms with Gasteiger partial charge in [-0.3, -0.25) is 0 Å². The Morgan fingerprint density at radius 2 is 1.96 bits per heavy atom. The number of H-pyrrole nitrogens is 1. The van der Waals surface area contributed by atoms with Gasteiger partial charge in [-0.15, -0.1) is 0 Å². The first-order chi connectivity index (χ1) is 12.3. The summed E-state index contributed by atoms with van der Waals surface area (Å²) in [5, 5.41) is 9.54. The molecule has 3 atom stereocenters. The van der Waals surface area contributed by atoms with E-state index in [1.165, 1.54) is 0 Å². The fourth-order valence-electron chi connectivity index (χ4n) is 2.73. The first kappa shape index (κ1) is 18.9. The second-order valence-corrected chi connectivity index (χ2v) is 8.48. The average Bonchev–Trinajstić information content (AvgIpc) is 2.97. The Labute approximate surface area is 151 Å². The molecule has 1 aliphatic rings. The van der Waals surface area contributed by atoms with Crippen molar-refractivity contribution < 1.29 is 23.0 Å². The van der Waals surface area contributed by atoms with E-state index < -0.39 is 35.3 Å². The molecule has 10 heteroatoms. The SMILES string of the molecule is O=c1[nH]c(=O)n([C@H]2C[C@H]([Se]c3ccccc3)[C@@H](CO)O2)cc1C(F)(F)F. The average molecular weight is 435 g/mol. The molecule has 0 amide bonds. The first-order valence-corrected chi connectivity index (χ1v) is 9.55. The zero-order valence-electron chi connectivity index (χ0n) is 13.3. The molecule has 6 nitrogen and oxygen atoms in total. The van der Waals surface area contributed by atoms with E-state index in [-0.39, 0.29) is 32.8 Å². The Hall–Kier alpha value is -1.87. The number of nitrogens with zero attached hydrogens (tertiary/aromatic N) is 1. The van der Waals surface area contributed by atoms with E-state index in [1.54, 1.807) is 4.98 Å². The second kappa shape index (κ2) is 7.40. The molecule has 0 radical (unpaired) electrons. The van der Waals surface area contributed by atoms with Crippen molar-refractivity contribution in [3.63, 3.8) is 0 Å². The fraction of sp³-hybridized carbons (Fsp3) is 0.375. The Balaban J connectivity index is 1.89. The molecule has 1 aliphatic heterocycles. The molecule has 0 spiro atoms. The molecule has 1 fully saturated rings. The van der Waals surface area contributed by atoms with Crippen LogP contribution in [0.3, 0.4) is 0 Å². The maximum absolute atomic E-state index is 12.9. The minimum atomic E-state index is -4.88. The number of benzene rings is 1. The van der Waals surface area contributed by atoms with Crippen LogP contribution in [0.4, 0.5) is 13.2 Å². The van der Waals surface area contributed by atoms with Crippen molar-refractivity contribution in [3.8, 4) is 0 Å². The summed E-state index contributed by atoms with van der Waals surface area (Å²) >= 11 is -0.0952. The van der Waals surface area contributed by atoms with E-state index in [4.69, 9.17) is 4.74 Å². The van der Waals surface area contributed by atoms with Crippen LogP contribution in [0.15, 0.2) is 46.1 Å². The Kier molecular flexibility index (Phi) is 5.38. The van der Waals surface area contributed by atoms with Gasteiger partial charge in [0.25, 0.3) is 0 Å². The van der Waals surface area contributed by atoms with Crippen molar-refractivity contribution in [2.45, 2.75) is 29.7 Å². The van der Waals surface area contributed by atoms with Gasteiger partial charge in [-0.05, 0) is 0 Å². The number of hydrogen-bond donors (Lipinski definition) is 2. The molecule has 0 bridgehead atoms. The normalized spacial score (nSPS) is 23.3. The van der Waals surface area contributed by atoms with Gasteiger partial charge in [-0.25, -0.2) is 0 Å². The maximum atomic E-state index is 12.9. The van der Waals surface area contributed by atoms with Crippen LogP contribution in [-0.2, 0) is 10.9 Å². The summed E-state index contributed by atoms with van der Waals surface area (Å²) in [6, 6.07) is 9.47. The molecule has 0 saturated carbocycles. The number of aromatic nitrogens is 2. The number of halogens is 3. The molecule has 2 heterocycles. The molecule has 3 rings (SSSR count). The van der Waals surface area contributed by atoms with Crippen molar-refractivity contribution >= 4 is 19.4 Å². The molecule has 2 N–H and O–H groups in total. The number of nitrogens with one attached hydrogen (secondary N) is 1. The number of rotatable bonds is 4. The van der Waals surface area contributed by atoms with Crippen LogP contribution < -0.4 is 15.7 Å². The van der Waals surface area contributed by atoms with Crippen LogP contribution >= 0.6 is 0 Å². The summed E-state index contributed by atoms with van der Waals surface area (Å²) in [5.74, 6) is 0. The van der Waals surface area contributed by atoms with E-state index in [9.17, 15) is 27.9 Å². The van der Waals surface area contributed by atoms with Crippen molar-refractivity contribution in [3.05, 3.63) is 62.9 Å². The number of hydrogen-bond acceptors (Lipinski definition) is 4. The zero-order chi connectivity index (χ0) is 18.9. The predicted octanol–water partition coefficient (Wildman–Crippen LogP) is 0.653. The van der Waals surface area contributed by atoms with E-state index in [2.05, 4.69) is 0 Å². The summed E-state index contributed by atoms with van der Waals surface area (Å²) in [5.41, 5.74) is -3.92. The van der Waals surface area contributed by atoms with E-state index in [1.807, 2.05) is 30.3 Å². The quantitative estimate of drug-likeness (QED) is 0.692. The molecule has 1 saturated heterocycles. The van der Waals surface area contributed by atoms with E-state index in [0.29, 0.717) is 6.20 Å². The van der Waals surface area contributed by atoms with Crippen LogP contribution in [-0.4, -0.2) is 42.3 Å². The standard InChI is InChI=1S/C16H15F3N2O4Se/c17-16(18,19)10-7-21(15(24)20-14(10)23)13-6-12(11(8-22)25-13)26-9-4-2-1-3-5-9/h1-5,7,11-13,22H,6,8H2,(H,20,23,24)/t11-,12+,13-/m1/s1. The molecule has 1 aromatic carbocycles. The first-order valence-electron chi connectivity index (χ1n) is 7.70. The van der Waals surface area contributed by atoms with Gasteiger partial charge in [0, 0.05) is 0 Å². The van der Waals surface area contributed by atoms with E-state index in [0.717, 1.165) is 9.03 Å².